The summed E-state index contributed by atoms with van der Waals surface area (Å²) in [6.07, 6.45) is 18.6. The average Bonchev–Trinajstić information content (AvgIpc) is 3.86. The maximum atomic E-state index is 14.0. The maximum absolute atomic E-state index is 14.0. The van der Waals surface area contributed by atoms with Gasteiger partial charge in [0.1, 0.15) is 5.75 Å². The summed E-state index contributed by atoms with van der Waals surface area (Å²) in [5.74, 6) is 8.34. The van der Waals surface area contributed by atoms with Crippen molar-refractivity contribution in [1.29, 1.82) is 0 Å². The minimum atomic E-state index is -0.374. The average molecular weight is 952 g/mol. The molecule has 1 spiro atoms. The van der Waals surface area contributed by atoms with E-state index in [0.29, 0.717) is 68.3 Å². The number of nitrogens with two attached hydrogens (primary N) is 1. The van der Waals surface area contributed by atoms with Crippen molar-refractivity contribution in [3.8, 4) is 29.1 Å². The van der Waals surface area contributed by atoms with Crippen LogP contribution in [0.3, 0.4) is 0 Å². The summed E-state index contributed by atoms with van der Waals surface area (Å²) < 4.78 is 13.1. The third kappa shape index (κ3) is 10.7. The van der Waals surface area contributed by atoms with Gasteiger partial charge in [-0.3, -0.25) is 4.79 Å². The summed E-state index contributed by atoms with van der Waals surface area (Å²) in [5.41, 5.74) is 15.7. The van der Waals surface area contributed by atoms with Crippen LogP contribution in [0.5, 0.6) is 17.2 Å². The second-order valence-electron chi connectivity index (χ2n) is 21.9. The highest BCUT2D eigenvalue weighted by atomic mass is 16.5. The quantitative estimate of drug-likeness (QED) is 0.0555. The number of guanidine groups is 1. The summed E-state index contributed by atoms with van der Waals surface area (Å²) in [4.78, 5) is 19.3. The number of benzene rings is 3. The number of allylic oxidation sites excluding steroid dienone is 3. The Morgan fingerprint density at radius 3 is 2.59 bits per heavy atom. The number of methoxy groups -OCH3 is 1. The van der Waals surface area contributed by atoms with E-state index < -0.39 is 0 Å². The molecule has 10 heteroatoms. The smallest absolute Gasteiger partial charge is 0.189 e. The Bertz CT molecular complexity index is 2520. The number of fused-ring (bicyclic) bond motifs is 11. The minimum Gasteiger partial charge on any atom is -0.508 e. The fourth-order valence-corrected chi connectivity index (χ4v) is 13.8. The van der Waals surface area contributed by atoms with E-state index in [9.17, 15) is 25.2 Å². The Morgan fingerprint density at radius 1 is 1.01 bits per heavy atom. The number of aliphatic imine (C=N–C) groups is 1. The third-order valence-corrected chi connectivity index (χ3v) is 17.1. The molecule has 8 bridgehead atoms. The Balaban J connectivity index is 1.25. The Morgan fingerprint density at radius 2 is 1.83 bits per heavy atom. The van der Waals surface area contributed by atoms with E-state index in [-0.39, 0.29) is 90.1 Å². The molecule has 3 saturated carbocycles. The molecule has 0 amide bonds. The normalized spacial score (nSPS) is 26.8. The molecule has 0 radical (unpaired) electrons. The molecule has 0 saturated heterocycles. The van der Waals surface area contributed by atoms with Gasteiger partial charge < -0.3 is 41.0 Å². The predicted octanol–water partition coefficient (Wildman–Crippen LogP) is 10.2. The molecule has 7 N–H and O–H groups in total. The molecule has 1 aliphatic heterocycles. The first kappa shape index (κ1) is 49.9. The standard InChI is InChI=1S/C60H77N3O7/c1-4-40(20-23-64)44(35-65)32-47(66)19-18-41-34-55(70-49-15-6-7-16-49)58(68)57-50(41)17-11-14-46-30-43-33-52-51(24-37(2)25-53(52)56(57)54(43)36-69-3)42-27-39(29-48(67)31-42)26-38-12-10-13-45(28-38)60(63-59(61)62-46)21-8-5-9-22-60/h10,12-13,27-29,31-34,37,40,43,46,49,51,53-54,56,64-65,67-68H,4-9,14-16,18-26,30,35-36H2,1-3H3,(H3,61,62,63)/b44-32+/t37-,40-,43-,46-,51-,53-,54+,56+/m0/s1. The van der Waals surface area contributed by atoms with Gasteiger partial charge in [-0.1, -0.05) is 86.9 Å². The monoisotopic (exact) mass is 952 g/mol. The fourth-order valence-electron chi connectivity index (χ4n) is 13.8. The molecule has 374 valence electrons. The van der Waals surface area contributed by atoms with Crippen molar-refractivity contribution in [2.45, 2.75) is 159 Å². The summed E-state index contributed by atoms with van der Waals surface area (Å²) >= 11 is 0. The van der Waals surface area contributed by atoms with Crippen LogP contribution in [0.2, 0.25) is 0 Å². The van der Waals surface area contributed by atoms with Crippen molar-refractivity contribution in [1.82, 2.24) is 5.32 Å². The topological polar surface area (TPSA) is 167 Å². The lowest BCUT2D eigenvalue weighted by Crippen LogP contribution is -2.50. The van der Waals surface area contributed by atoms with E-state index in [1.54, 1.807) is 13.2 Å². The van der Waals surface area contributed by atoms with Crippen LogP contribution in [-0.4, -0.2) is 71.2 Å². The number of aliphatic hydroxyl groups excluding tert-OH is 2. The number of aliphatic hydroxyl groups is 2. The number of carbonyl (C=O) groups excluding carboxylic acids is 1. The van der Waals surface area contributed by atoms with Crippen molar-refractivity contribution in [2.75, 3.05) is 26.9 Å². The number of aromatic hydroxyl groups is 2. The van der Waals surface area contributed by atoms with Crippen molar-refractivity contribution < 1.29 is 34.7 Å². The number of hydrogen-bond donors (Lipinski definition) is 6. The van der Waals surface area contributed by atoms with Crippen molar-refractivity contribution >= 4 is 11.7 Å². The lowest BCUT2D eigenvalue weighted by atomic mass is 9.55. The zero-order chi connectivity index (χ0) is 48.9. The molecule has 70 heavy (non-hydrogen) atoms. The van der Waals surface area contributed by atoms with E-state index in [1.807, 2.05) is 25.1 Å². The van der Waals surface area contributed by atoms with Gasteiger partial charge in [0.2, 0.25) is 0 Å². The first-order valence-corrected chi connectivity index (χ1v) is 26.7. The van der Waals surface area contributed by atoms with Gasteiger partial charge in [-0.15, -0.1) is 0 Å². The number of phenols is 2. The molecule has 0 unspecified atom stereocenters. The Hall–Kier alpha value is -5.08. The van der Waals surface area contributed by atoms with Gasteiger partial charge in [0, 0.05) is 49.5 Å². The van der Waals surface area contributed by atoms with E-state index in [1.165, 1.54) is 23.1 Å². The molecule has 0 aromatic heterocycles. The van der Waals surface area contributed by atoms with Crippen molar-refractivity contribution in [3.63, 3.8) is 0 Å². The SMILES string of the molecule is CC[C@@H](CCO)/C(=C/C(=O)CCc1cc(OC2CCCC2)c(O)c2c1C#CC[C@H]1C[C@H]3C=C4[C@@H](C[C@H](C)C[C@@H]4[C@@H]2[C@@H]3COC)c2cc(O)cc(c2)Cc2cccc(c2)C2(CCCCC2)NC(N)=N1)CO. The van der Waals surface area contributed by atoms with Gasteiger partial charge in [-0.05, 0) is 171 Å². The van der Waals surface area contributed by atoms with E-state index >= 15 is 0 Å². The first-order valence-electron chi connectivity index (χ1n) is 26.7. The van der Waals surface area contributed by atoms with Gasteiger partial charge in [0.25, 0.3) is 0 Å². The molecular formula is C60H77N3O7. The predicted molar refractivity (Wildman–Crippen MR) is 276 cm³/mol. The molecule has 1 heterocycles. The molecule has 5 aliphatic carbocycles. The van der Waals surface area contributed by atoms with Crippen LogP contribution in [-0.2, 0) is 27.9 Å². The molecule has 8 atom stereocenters. The van der Waals surface area contributed by atoms with Gasteiger partial charge >= 0.3 is 0 Å². The first-order chi connectivity index (χ1) is 34.0. The maximum Gasteiger partial charge on any atom is 0.189 e. The number of aryl methyl sites for hydroxylation is 1. The number of nitrogens with one attached hydrogen (secondary N) is 1. The van der Waals surface area contributed by atoms with Crippen LogP contribution in [0.4, 0.5) is 0 Å². The molecule has 6 aliphatic rings. The lowest BCUT2D eigenvalue weighted by Gasteiger charge is -2.49. The zero-order valence-electron chi connectivity index (χ0n) is 41.9. The highest BCUT2D eigenvalue weighted by molar-refractivity contribution is 5.90. The number of ether oxygens (including phenoxy) is 2. The summed E-state index contributed by atoms with van der Waals surface area (Å²) in [7, 11) is 1.77. The second kappa shape index (κ2) is 22.1. The van der Waals surface area contributed by atoms with Gasteiger partial charge in [0.05, 0.1) is 30.9 Å². The number of rotatable bonds is 13. The molecule has 3 aromatic carbocycles. The number of carbonyl (C=O) groups is 1. The van der Waals surface area contributed by atoms with Crippen LogP contribution in [0.25, 0.3) is 0 Å². The Kier molecular flexibility index (Phi) is 15.8. The lowest BCUT2D eigenvalue weighted by molar-refractivity contribution is -0.114. The largest absolute Gasteiger partial charge is 0.508 e. The van der Waals surface area contributed by atoms with Gasteiger partial charge in [0.15, 0.2) is 23.2 Å². The molecule has 3 aromatic rings. The molecular weight excluding hydrogens is 875 g/mol. The van der Waals surface area contributed by atoms with E-state index in [4.69, 9.17) is 20.2 Å². The van der Waals surface area contributed by atoms with Crippen LogP contribution >= 0.6 is 0 Å². The van der Waals surface area contributed by atoms with Crippen LogP contribution in [0.15, 0.2) is 76.8 Å². The summed E-state index contributed by atoms with van der Waals surface area (Å²) in [6, 6.07) is 16.8. The van der Waals surface area contributed by atoms with Crippen molar-refractivity contribution in [2.24, 2.45) is 40.3 Å². The highest BCUT2D eigenvalue weighted by Gasteiger charge is 2.49. The van der Waals surface area contributed by atoms with Gasteiger partial charge in [-0.25, -0.2) is 4.99 Å². The minimum absolute atomic E-state index is 0.00389. The molecule has 3 fully saturated rings. The number of ketones is 1. The molecule has 9 rings (SSSR count). The summed E-state index contributed by atoms with van der Waals surface area (Å²) in [6.45, 7) is 4.53. The highest BCUT2D eigenvalue weighted by Crippen LogP contribution is 2.59. The fraction of sp³-hybridized carbons (Fsp3) is 0.567. The van der Waals surface area contributed by atoms with Crippen molar-refractivity contribution in [3.05, 3.63) is 111 Å². The van der Waals surface area contributed by atoms with E-state index in [0.717, 1.165) is 92.0 Å². The van der Waals surface area contributed by atoms with Crippen LogP contribution in [0, 0.1) is 41.4 Å². The van der Waals surface area contributed by atoms with Gasteiger partial charge in [-0.2, -0.15) is 0 Å². The second-order valence-corrected chi connectivity index (χ2v) is 21.9. The van der Waals surface area contributed by atoms with Crippen LogP contribution in [0.1, 0.15) is 167 Å². The third-order valence-electron chi connectivity index (χ3n) is 17.1. The summed E-state index contributed by atoms with van der Waals surface area (Å²) in [5, 5.41) is 48.5. The Labute approximate surface area is 416 Å². The number of hydrogen-bond acceptors (Lipinski definition) is 10. The van der Waals surface area contributed by atoms with Crippen LogP contribution < -0.4 is 15.8 Å². The van der Waals surface area contributed by atoms with E-state index in [2.05, 4.69) is 60.5 Å². The zero-order valence-corrected chi connectivity index (χ0v) is 41.9. The number of phenolic OH excluding ortho intramolecular Hbond substituents is 2. The molecule has 10 nitrogen and oxygen atoms in total. The number of nitrogens with zero attached hydrogens (tertiary/aromatic N) is 1.